The van der Waals surface area contributed by atoms with E-state index in [4.69, 9.17) is 28.2 Å². The van der Waals surface area contributed by atoms with Crippen LogP contribution < -0.4 is 4.80 Å². The molecule has 132 valence electrons. The Morgan fingerprint density at radius 1 is 1.23 bits per heavy atom. The van der Waals surface area contributed by atoms with Crippen LogP contribution in [0.15, 0.2) is 65.5 Å². The average molecular weight is 403 g/mol. The lowest BCUT2D eigenvalue weighted by Gasteiger charge is -2.08. The van der Waals surface area contributed by atoms with Crippen LogP contribution in [0.2, 0.25) is 10.0 Å². The molecular weight excluding hydrogens is 387 g/mol. The lowest BCUT2D eigenvalue weighted by molar-refractivity contribution is 0.101. The van der Waals surface area contributed by atoms with Crippen LogP contribution in [-0.2, 0) is 6.54 Å². The van der Waals surface area contributed by atoms with Crippen LogP contribution in [0.5, 0.6) is 0 Å². The Balaban J connectivity index is 2.09. The molecule has 0 saturated carbocycles. The van der Waals surface area contributed by atoms with Crippen LogP contribution in [-0.4, -0.2) is 10.4 Å². The lowest BCUT2D eigenvalue weighted by Crippen LogP contribution is -2.14. The van der Waals surface area contributed by atoms with E-state index >= 15 is 0 Å². The highest BCUT2D eigenvalue weighted by molar-refractivity contribution is 7.07. The normalized spacial score (nSPS) is 11.6. The molecule has 0 aliphatic rings. The summed E-state index contributed by atoms with van der Waals surface area (Å²) >= 11 is 13.9. The predicted molar refractivity (Wildman–Crippen MR) is 110 cm³/mol. The number of hydrogen-bond acceptors (Lipinski definition) is 3. The number of aromatic nitrogens is 1. The number of ketones is 1. The predicted octanol–water partition coefficient (Wildman–Crippen LogP) is 6.14. The van der Waals surface area contributed by atoms with Crippen molar-refractivity contribution < 1.29 is 4.79 Å². The number of carbonyl (C=O) groups excluding carboxylic acids is 1. The third-order valence-corrected chi connectivity index (χ3v) is 5.23. The Morgan fingerprint density at radius 3 is 2.58 bits per heavy atom. The number of nitrogens with zero attached hydrogens (tertiary/aromatic N) is 2. The minimum Gasteiger partial charge on any atom is -0.313 e. The summed E-state index contributed by atoms with van der Waals surface area (Å²) in [5.74, 6) is 0.0362. The molecule has 0 N–H and O–H groups in total. The number of rotatable bonds is 5. The van der Waals surface area contributed by atoms with Gasteiger partial charge in [-0.3, -0.25) is 4.79 Å². The number of Topliss-reactive ketones (excluding diaryl/α,β-unsaturated/α-hetero) is 1. The van der Waals surface area contributed by atoms with Crippen molar-refractivity contribution in [1.82, 2.24) is 4.57 Å². The summed E-state index contributed by atoms with van der Waals surface area (Å²) in [7, 11) is 0. The SMILES string of the molecule is C=CCn1c(-c2ccc(Cl)cc2Cl)csc1=Nc1ccc(C(C)=O)cc1. The molecular formula is C20H16Cl2N2OS. The molecule has 0 atom stereocenters. The van der Waals surface area contributed by atoms with E-state index in [1.807, 2.05) is 40.3 Å². The number of benzene rings is 2. The van der Waals surface area contributed by atoms with Crippen LogP contribution >= 0.6 is 34.5 Å². The van der Waals surface area contributed by atoms with Crippen molar-refractivity contribution in [2.75, 3.05) is 0 Å². The number of thiazole rings is 1. The molecule has 0 saturated heterocycles. The summed E-state index contributed by atoms with van der Waals surface area (Å²) in [6.45, 7) is 5.98. The minimum absolute atomic E-state index is 0.0362. The molecule has 1 aromatic heterocycles. The van der Waals surface area contributed by atoms with Crippen molar-refractivity contribution in [3.8, 4) is 11.3 Å². The Labute approximate surface area is 165 Å². The Morgan fingerprint density at radius 2 is 1.96 bits per heavy atom. The van der Waals surface area contributed by atoms with Gasteiger partial charge in [-0.2, -0.15) is 0 Å². The molecule has 0 bridgehead atoms. The molecule has 0 unspecified atom stereocenters. The largest absolute Gasteiger partial charge is 0.313 e. The smallest absolute Gasteiger partial charge is 0.190 e. The van der Waals surface area contributed by atoms with Gasteiger partial charge in [-0.05, 0) is 49.4 Å². The van der Waals surface area contributed by atoms with E-state index in [2.05, 4.69) is 6.58 Å². The van der Waals surface area contributed by atoms with Gasteiger partial charge in [-0.15, -0.1) is 17.9 Å². The maximum Gasteiger partial charge on any atom is 0.190 e. The molecule has 0 aliphatic carbocycles. The summed E-state index contributed by atoms with van der Waals surface area (Å²) < 4.78 is 2.05. The first-order valence-electron chi connectivity index (χ1n) is 7.90. The van der Waals surface area contributed by atoms with Gasteiger partial charge in [-0.25, -0.2) is 4.99 Å². The van der Waals surface area contributed by atoms with Gasteiger partial charge in [0.1, 0.15) is 0 Å². The molecule has 0 radical (unpaired) electrons. The molecule has 3 nitrogen and oxygen atoms in total. The average Bonchev–Trinajstić information content (AvgIpc) is 2.98. The Kier molecular flexibility index (Phi) is 5.77. The fourth-order valence-electron chi connectivity index (χ4n) is 2.52. The van der Waals surface area contributed by atoms with E-state index in [9.17, 15) is 4.79 Å². The summed E-state index contributed by atoms with van der Waals surface area (Å²) in [6, 6.07) is 12.7. The molecule has 26 heavy (non-hydrogen) atoms. The second-order valence-electron chi connectivity index (χ2n) is 5.64. The summed E-state index contributed by atoms with van der Waals surface area (Å²) in [6.07, 6.45) is 1.82. The van der Waals surface area contributed by atoms with E-state index in [-0.39, 0.29) is 5.78 Å². The Bertz CT molecular complexity index is 1030. The van der Waals surface area contributed by atoms with Gasteiger partial charge in [0.25, 0.3) is 0 Å². The van der Waals surface area contributed by atoms with E-state index in [0.717, 1.165) is 21.7 Å². The zero-order valence-corrected chi connectivity index (χ0v) is 16.4. The van der Waals surface area contributed by atoms with Gasteiger partial charge >= 0.3 is 0 Å². The molecule has 2 aromatic carbocycles. The third kappa shape index (κ3) is 3.98. The van der Waals surface area contributed by atoms with Crippen molar-refractivity contribution in [3.63, 3.8) is 0 Å². The second kappa shape index (κ2) is 8.04. The monoisotopic (exact) mass is 402 g/mol. The highest BCUT2D eigenvalue weighted by Crippen LogP contribution is 2.30. The van der Waals surface area contributed by atoms with Crippen LogP contribution in [0, 0.1) is 0 Å². The molecule has 3 aromatic rings. The first kappa shape index (κ1) is 18.6. The molecule has 1 heterocycles. The van der Waals surface area contributed by atoms with Crippen molar-refractivity contribution in [2.45, 2.75) is 13.5 Å². The summed E-state index contributed by atoms with van der Waals surface area (Å²) in [5, 5.41) is 3.20. The molecule has 6 heteroatoms. The standard InChI is InChI=1S/C20H16Cl2N2OS/c1-3-10-24-19(17-9-6-15(21)11-18(17)22)12-26-20(24)23-16-7-4-14(5-8-16)13(2)25/h3-9,11-12H,1,10H2,2H3. The van der Waals surface area contributed by atoms with Gasteiger partial charge in [0.2, 0.25) is 0 Å². The first-order chi connectivity index (χ1) is 12.5. The van der Waals surface area contributed by atoms with E-state index in [1.54, 1.807) is 25.1 Å². The zero-order chi connectivity index (χ0) is 18.7. The molecule has 0 spiro atoms. The van der Waals surface area contributed by atoms with Gasteiger partial charge in [-0.1, -0.05) is 29.3 Å². The highest BCUT2D eigenvalue weighted by atomic mass is 35.5. The quantitative estimate of drug-likeness (QED) is 0.372. The van der Waals surface area contributed by atoms with Crippen LogP contribution in [0.1, 0.15) is 17.3 Å². The van der Waals surface area contributed by atoms with E-state index in [0.29, 0.717) is 22.2 Å². The number of halogens is 2. The third-order valence-electron chi connectivity index (χ3n) is 3.81. The fourth-order valence-corrected chi connectivity index (χ4v) is 3.95. The molecule has 0 amide bonds. The van der Waals surface area contributed by atoms with E-state index < -0.39 is 0 Å². The zero-order valence-electron chi connectivity index (χ0n) is 14.1. The van der Waals surface area contributed by atoms with Crippen LogP contribution in [0.25, 0.3) is 11.3 Å². The Hall–Kier alpha value is -2.14. The van der Waals surface area contributed by atoms with Gasteiger partial charge in [0.15, 0.2) is 10.6 Å². The van der Waals surface area contributed by atoms with Crippen LogP contribution in [0.4, 0.5) is 5.69 Å². The highest BCUT2D eigenvalue weighted by Gasteiger charge is 2.11. The topological polar surface area (TPSA) is 34.4 Å². The van der Waals surface area contributed by atoms with Crippen molar-refractivity contribution in [3.05, 3.63) is 80.9 Å². The van der Waals surface area contributed by atoms with Gasteiger partial charge in [0, 0.05) is 28.1 Å². The minimum atomic E-state index is 0.0362. The number of allylic oxidation sites excluding steroid dienone is 1. The first-order valence-corrected chi connectivity index (χ1v) is 9.53. The van der Waals surface area contributed by atoms with Gasteiger partial charge in [0.05, 0.1) is 16.4 Å². The molecule has 3 rings (SSSR count). The maximum absolute atomic E-state index is 11.4. The van der Waals surface area contributed by atoms with Crippen molar-refractivity contribution >= 4 is 46.0 Å². The fraction of sp³-hybridized carbons (Fsp3) is 0.100. The molecule has 0 aliphatic heterocycles. The van der Waals surface area contributed by atoms with Crippen molar-refractivity contribution in [2.24, 2.45) is 4.99 Å². The lowest BCUT2D eigenvalue weighted by atomic mass is 10.1. The second-order valence-corrected chi connectivity index (χ2v) is 7.32. The maximum atomic E-state index is 11.4. The van der Waals surface area contributed by atoms with E-state index in [1.165, 1.54) is 11.3 Å². The number of hydrogen-bond donors (Lipinski definition) is 0. The molecule has 0 fully saturated rings. The van der Waals surface area contributed by atoms with Crippen LogP contribution in [0.3, 0.4) is 0 Å². The number of carbonyl (C=O) groups is 1. The summed E-state index contributed by atoms with van der Waals surface area (Å²) in [4.78, 5) is 16.9. The van der Waals surface area contributed by atoms with Crippen molar-refractivity contribution in [1.29, 1.82) is 0 Å². The van der Waals surface area contributed by atoms with Gasteiger partial charge < -0.3 is 4.57 Å². The summed E-state index contributed by atoms with van der Waals surface area (Å²) in [5.41, 5.74) is 3.30.